The first kappa shape index (κ1) is 13.4. The number of nitrogens with zero attached hydrogens (tertiary/aromatic N) is 2. The van der Waals surface area contributed by atoms with Gasteiger partial charge in [0.2, 0.25) is 0 Å². The van der Waals surface area contributed by atoms with Gasteiger partial charge in [0.15, 0.2) is 0 Å². The van der Waals surface area contributed by atoms with Crippen LogP contribution in [-0.2, 0) is 12.0 Å². The molecule has 0 spiro atoms. The zero-order valence-electron chi connectivity index (χ0n) is 12.1. The Kier molecular flexibility index (Phi) is 3.62. The van der Waals surface area contributed by atoms with Crippen molar-refractivity contribution in [1.82, 2.24) is 9.55 Å². The number of benzene rings is 1. The Morgan fingerprint density at radius 2 is 1.95 bits per heavy atom. The highest BCUT2D eigenvalue weighted by Crippen LogP contribution is 2.48. The zero-order chi connectivity index (χ0) is 14.0. The summed E-state index contributed by atoms with van der Waals surface area (Å²) in [5.74, 6) is 1.03. The number of nitrogens with two attached hydrogens (primary N) is 1. The van der Waals surface area contributed by atoms with Crippen LogP contribution in [0.5, 0.6) is 0 Å². The first-order chi connectivity index (χ1) is 9.78. The maximum absolute atomic E-state index is 6.70. The molecule has 3 heteroatoms. The predicted octanol–water partition coefficient (Wildman–Crippen LogP) is 3.41. The Balaban J connectivity index is 2.03. The molecule has 0 saturated heterocycles. The molecule has 3 rings (SSSR count). The van der Waals surface area contributed by atoms with Crippen LogP contribution < -0.4 is 5.73 Å². The molecule has 0 aliphatic heterocycles. The molecule has 2 N–H and O–H groups in total. The van der Waals surface area contributed by atoms with Crippen LogP contribution in [0.4, 0.5) is 0 Å². The first-order valence-corrected chi connectivity index (χ1v) is 7.60. The fourth-order valence-electron chi connectivity index (χ4n) is 3.67. The van der Waals surface area contributed by atoms with E-state index in [2.05, 4.69) is 46.8 Å². The molecule has 0 radical (unpaired) electrons. The molecule has 0 amide bonds. The van der Waals surface area contributed by atoms with E-state index < -0.39 is 0 Å². The summed E-state index contributed by atoms with van der Waals surface area (Å²) in [6.07, 6.45) is 8.74. The Bertz CT molecular complexity index is 553. The Morgan fingerprint density at radius 3 is 2.60 bits per heavy atom. The summed E-state index contributed by atoms with van der Waals surface area (Å²) in [5, 5.41) is 0. The highest BCUT2D eigenvalue weighted by molar-refractivity contribution is 5.31. The van der Waals surface area contributed by atoms with Gasteiger partial charge in [-0.1, -0.05) is 43.2 Å². The third-order valence-corrected chi connectivity index (χ3v) is 4.81. The van der Waals surface area contributed by atoms with E-state index in [-0.39, 0.29) is 11.5 Å². The van der Waals surface area contributed by atoms with Gasteiger partial charge in [-0.15, -0.1) is 0 Å². The minimum atomic E-state index is -0.0256. The van der Waals surface area contributed by atoms with Gasteiger partial charge >= 0.3 is 0 Å². The van der Waals surface area contributed by atoms with Gasteiger partial charge in [0, 0.05) is 24.4 Å². The molecule has 0 bridgehead atoms. The van der Waals surface area contributed by atoms with Gasteiger partial charge in [-0.3, -0.25) is 0 Å². The molecule has 1 saturated carbocycles. The van der Waals surface area contributed by atoms with E-state index in [9.17, 15) is 0 Å². The van der Waals surface area contributed by atoms with E-state index in [1.807, 2.05) is 12.4 Å². The summed E-state index contributed by atoms with van der Waals surface area (Å²) in [5.41, 5.74) is 8.13. The number of hydrogen-bond acceptors (Lipinski definition) is 2. The van der Waals surface area contributed by atoms with Crippen LogP contribution in [0.2, 0.25) is 0 Å². The van der Waals surface area contributed by atoms with Gasteiger partial charge in [0.1, 0.15) is 5.82 Å². The molecule has 1 aromatic carbocycles. The SMILES string of the molecule is CCn1ccnc1C(N)C1(c2ccccc2)CCCC1. The Hall–Kier alpha value is -1.61. The van der Waals surface area contributed by atoms with Crippen molar-refractivity contribution in [3.8, 4) is 0 Å². The van der Waals surface area contributed by atoms with Gasteiger partial charge in [-0.05, 0) is 25.3 Å². The molecule has 20 heavy (non-hydrogen) atoms. The average Bonchev–Trinajstić information content (AvgIpc) is 3.17. The lowest BCUT2D eigenvalue weighted by Crippen LogP contribution is -2.38. The first-order valence-electron chi connectivity index (χ1n) is 7.60. The number of hydrogen-bond donors (Lipinski definition) is 1. The van der Waals surface area contributed by atoms with E-state index in [0.717, 1.165) is 25.2 Å². The van der Waals surface area contributed by atoms with Crippen molar-refractivity contribution in [2.45, 2.75) is 50.6 Å². The number of aryl methyl sites for hydroxylation is 1. The van der Waals surface area contributed by atoms with Crippen LogP contribution in [0.1, 0.15) is 50.0 Å². The van der Waals surface area contributed by atoms with E-state index in [1.165, 1.54) is 18.4 Å². The van der Waals surface area contributed by atoms with Gasteiger partial charge in [0.05, 0.1) is 6.04 Å². The summed E-state index contributed by atoms with van der Waals surface area (Å²) >= 11 is 0. The van der Waals surface area contributed by atoms with Crippen LogP contribution in [-0.4, -0.2) is 9.55 Å². The highest BCUT2D eigenvalue weighted by Gasteiger charge is 2.43. The van der Waals surface area contributed by atoms with E-state index in [1.54, 1.807) is 0 Å². The highest BCUT2D eigenvalue weighted by atomic mass is 15.1. The third-order valence-electron chi connectivity index (χ3n) is 4.81. The van der Waals surface area contributed by atoms with Crippen molar-refractivity contribution in [3.63, 3.8) is 0 Å². The van der Waals surface area contributed by atoms with Crippen LogP contribution in [0.25, 0.3) is 0 Å². The van der Waals surface area contributed by atoms with Crippen LogP contribution >= 0.6 is 0 Å². The average molecular weight is 269 g/mol. The maximum atomic E-state index is 6.70. The van der Waals surface area contributed by atoms with Crippen LogP contribution in [0.3, 0.4) is 0 Å². The van der Waals surface area contributed by atoms with Crippen molar-refractivity contribution in [2.24, 2.45) is 5.73 Å². The fraction of sp³-hybridized carbons (Fsp3) is 0.471. The van der Waals surface area contributed by atoms with Crippen LogP contribution in [0, 0.1) is 0 Å². The maximum Gasteiger partial charge on any atom is 0.126 e. The molecule has 1 aliphatic rings. The Labute approximate surface area is 120 Å². The smallest absolute Gasteiger partial charge is 0.126 e. The fourth-order valence-corrected chi connectivity index (χ4v) is 3.67. The van der Waals surface area contributed by atoms with E-state index >= 15 is 0 Å². The van der Waals surface area contributed by atoms with Gasteiger partial charge in [-0.2, -0.15) is 0 Å². The standard InChI is InChI=1S/C17H23N3/c1-2-20-13-12-19-16(20)15(18)17(10-6-7-11-17)14-8-4-3-5-9-14/h3-5,8-9,12-13,15H,2,6-7,10-11,18H2,1H3. The zero-order valence-corrected chi connectivity index (χ0v) is 12.1. The summed E-state index contributed by atoms with van der Waals surface area (Å²) in [4.78, 5) is 4.54. The second kappa shape index (κ2) is 5.41. The minimum absolute atomic E-state index is 0.0256. The number of imidazole rings is 1. The van der Waals surface area contributed by atoms with Crippen molar-refractivity contribution in [1.29, 1.82) is 0 Å². The molecule has 1 aliphatic carbocycles. The van der Waals surface area contributed by atoms with E-state index in [4.69, 9.17) is 5.73 Å². The molecule has 1 unspecified atom stereocenters. The topological polar surface area (TPSA) is 43.8 Å². The summed E-state index contributed by atoms with van der Waals surface area (Å²) in [6, 6.07) is 10.7. The molecule has 2 aromatic rings. The second-order valence-electron chi connectivity index (χ2n) is 5.78. The van der Waals surface area contributed by atoms with E-state index in [0.29, 0.717) is 0 Å². The molecule has 1 aromatic heterocycles. The molecular formula is C17H23N3. The quantitative estimate of drug-likeness (QED) is 0.924. The van der Waals surface area contributed by atoms with Crippen molar-refractivity contribution in [2.75, 3.05) is 0 Å². The largest absolute Gasteiger partial charge is 0.334 e. The minimum Gasteiger partial charge on any atom is -0.334 e. The van der Waals surface area contributed by atoms with Gasteiger partial charge in [0.25, 0.3) is 0 Å². The van der Waals surface area contributed by atoms with Crippen molar-refractivity contribution < 1.29 is 0 Å². The molecule has 3 nitrogen and oxygen atoms in total. The summed E-state index contributed by atoms with van der Waals surface area (Å²) in [6.45, 7) is 3.07. The summed E-state index contributed by atoms with van der Waals surface area (Å²) in [7, 11) is 0. The lowest BCUT2D eigenvalue weighted by molar-refractivity contribution is 0.337. The number of rotatable bonds is 4. The monoisotopic (exact) mass is 269 g/mol. The van der Waals surface area contributed by atoms with Crippen molar-refractivity contribution >= 4 is 0 Å². The predicted molar refractivity (Wildman–Crippen MR) is 81.4 cm³/mol. The number of aromatic nitrogens is 2. The van der Waals surface area contributed by atoms with Crippen molar-refractivity contribution in [3.05, 3.63) is 54.1 Å². The lowest BCUT2D eigenvalue weighted by atomic mass is 9.72. The molecule has 1 atom stereocenters. The van der Waals surface area contributed by atoms with Gasteiger partial charge in [-0.25, -0.2) is 4.98 Å². The normalized spacial score (nSPS) is 19.1. The molecule has 1 heterocycles. The molecule has 106 valence electrons. The van der Waals surface area contributed by atoms with Gasteiger partial charge < -0.3 is 10.3 Å². The lowest BCUT2D eigenvalue weighted by Gasteiger charge is -2.35. The molecule has 1 fully saturated rings. The Morgan fingerprint density at radius 1 is 1.25 bits per heavy atom. The third kappa shape index (κ3) is 2.06. The van der Waals surface area contributed by atoms with Crippen LogP contribution in [0.15, 0.2) is 42.7 Å². The second-order valence-corrected chi connectivity index (χ2v) is 5.78. The molecular weight excluding hydrogens is 246 g/mol. The summed E-state index contributed by atoms with van der Waals surface area (Å²) < 4.78 is 2.17.